The SMILES string of the molecule is Cc1ccc(C)c(C(=O)N[C@@H](c2ccccc2)c2nnc(N3CCCC3)o2)c1. The fourth-order valence-corrected chi connectivity index (χ4v) is 3.50. The molecule has 1 aliphatic heterocycles. The average Bonchev–Trinajstić information content (AvgIpc) is 3.40. The Kier molecular flexibility index (Phi) is 5.10. The lowest BCUT2D eigenvalue weighted by Crippen LogP contribution is -2.30. The summed E-state index contributed by atoms with van der Waals surface area (Å²) in [6, 6.07) is 15.6. The highest BCUT2D eigenvalue weighted by atomic mass is 16.4. The van der Waals surface area contributed by atoms with Gasteiger partial charge in [0.1, 0.15) is 6.04 Å². The Morgan fingerprint density at radius 2 is 1.82 bits per heavy atom. The van der Waals surface area contributed by atoms with Crippen molar-refractivity contribution in [1.29, 1.82) is 0 Å². The Morgan fingerprint density at radius 3 is 2.57 bits per heavy atom. The zero-order valence-electron chi connectivity index (χ0n) is 16.2. The van der Waals surface area contributed by atoms with E-state index in [2.05, 4.69) is 20.4 Å². The largest absolute Gasteiger partial charge is 0.405 e. The van der Waals surface area contributed by atoms with Crippen molar-refractivity contribution in [2.45, 2.75) is 32.7 Å². The molecule has 2 heterocycles. The van der Waals surface area contributed by atoms with E-state index in [-0.39, 0.29) is 5.91 Å². The number of carbonyl (C=O) groups excluding carboxylic acids is 1. The lowest BCUT2D eigenvalue weighted by atomic mass is 10.0. The predicted molar refractivity (Wildman–Crippen MR) is 107 cm³/mol. The van der Waals surface area contributed by atoms with Gasteiger partial charge in [-0.25, -0.2) is 0 Å². The van der Waals surface area contributed by atoms with E-state index in [9.17, 15) is 4.79 Å². The lowest BCUT2D eigenvalue weighted by Gasteiger charge is -2.17. The van der Waals surface area contributed by atoms with Crippen LogP contribution in [0.15, 0.2) is 52.9 Å². The molecule has 2 aromatic carbocycles. The van der Waals surface area contributed by atoms with Crippen LogP contribution in [0.2, 0.25) is 0 Å². The molecule has 0 unspecified atom stereocenters. The summed E-state index contributed by atoms with van der Waals surface area (Å²) >= 11 is 0. The maximum atomic E-state index is 13.0. The van der Waals surface area contributed by atoms with E-state index in [1.807, 2.05) is 62.4 Å². The molecule has 6 nitrogen and oxygen atoms in total. The third-order valence-corrected chi connectivity index (χ3v) is 5.10. The summed E-state index contributed by atoms with van der Waals surface area (Å²) in [5, 5.41) is 11.5. The molecule has 0 bridgehead atoms. The molecule has 0 radical (unpaired) electrons. The number of amides is 1. The first kappa shape index (κ1) is 18.2. The first-order chi connectivity index (χ1) is 13.6. The summed E-state index contributed by atoms with van der Waals surface area (Å²) in [6.45, 7) is 5.76. The Morgan fingerprint density at radius 1 is 1.07 bits per heavy atom. The van der Waals surface area contributed by atoms with E-state index in [1.54, 1.807) is 0 Å². The fourth-order valence-electron chi connectivity index (χ4n) is 3.50. The molecule has 1 atom stereocenters. The Labute approximate surface area is 164 Å². The van der Waals surface area contributed by atoms with Crippen LogP contribution >= 0.6 is 0 Å². The van der Waals surface area contributed by atoms with E-state index in [1.165, 1.54) is 0 Å². The molecule has 3 aromatic rings. The van der Waals surface area contributed by atoms with Gasteiger partial charge in [-0.05, 0) is 43.9 Å². The zero-order valence-corrected chi connectivity index (χ0v) is 16.2. The first-order valence-electron chi connectivity index (χ1n) is 9.63. The smallest absolute Gasteiger partial charge is 0.318 e. The molecule has 28 heavy (non-hydrogen) atoms. The van der Waals surface area contributed by atoms with Crippen LogP contribution in [0.25, 0.3) is 0 Å². The Balaban J connectivity index is 1.65. The van der Waals surface area contributed by atoms with E-state index in [0.717, 1.165) is 42.6 Å². The minimum atomic E-state index is -0.502. The summed E-state index contributed by atoms with van der Waals surface area (Å²) in [4.78, 5) is 15.1. The third kappa shape index (κ3) is 3.76. The predicted octanol–water partition coefficient (Wildman–Crippen LogP) is 3.81. The molecule has 0 aliphatic carbocycles. The van der Waals surface area contributed by atoms with Gasteiger partial charge in [0.25, 0.3) is 5.91 Å². The third-order valence-electron chi connectivity index (χ3n) is 5.10. The number of anilines is 1. The monoisotopic (exact) mass is 376 g/mol. The van der Waals surface area contributed by atoms with Gasteiger partial charge >= 0.3 is 6.01 Å². The number of hydrogen-bond acceptors (Lipinski definition) is 5. The fraction of sp³-hybridized carbons (Fsp3) is 0.318. The van der Waals surface area contributed by atoms with Crippen molar-refractivity contribution in [3.8, 4) is 0 Å². The number of aryl methyl sites for hydroxylation is 2. The van der Waals surface area contributed by atoms with Gasteiger partial charge in [-0.15, -0.1) is 5.10 Å². The van der Waals surface area contributed by atoms with Gasteiger partial charge < -0.3 is 14.6 Å². The normalized spacial score (nSPS) is 14.9. The second-order valence-electron chi connectivity index (χ2n) is 7.25. The minimum Gasteiger partial charge on any atom is -0.405 e. The standard InChI is InChI=1S/C22H24N4O2/c1-15-10-11-16(2)18(14-15)20(27)23-19(17-8-4-3-5-9-17)21-24-25-22(28-21)26-12-6-7-13-26/h3-5,8-11,14,19H,6-7,12-13H2,1-2H3,(H,23,27)/t19-/m0/s1. The highest BCUT2D eigenvalue weighted by molar-refractivity contribution is 5.96. The van der Waals surface area contributed by atoms with Crippen molar-refractivity contribution in [3.05, 3.63) is 76.7 Å². The van der Waals surface area contributed by atoms with Gasteiger partial charge in [0.05, 0.1) is 0 Å². The molecule has 6 heteroatoms. The topological polar surface area (TPSA) is 71.3 Å². The van der Waals surface area contributed by atoms with Gasteiger partial charge in [-0.3, -0.25) is 4.79 Å². The second kappa shape index (κ2) is 7.84. The van der Waals surface area contributed by atoms with Gasteiger partial charge in [-0.2, -0.15) is 0 Å². The van der Waals surface area contributed by atoms with Gasteiger partial charge in [0, 0.05) is 18.7 Å². The van der Waals surface area contributed by atoms with Crippen molar-refractivity contribution in [2.75, 3.05) is 18.0 Å². The minimum absolute atomic E-state index is 0.157. The van der Waals surface area contributed by atoms with E-state index in [4.69, 9.17) is 4.42 Å². The molecule has 1 aliphatic rings. The number of hydrogen-bond donors (Lipinski definition) is 1. The van der Waals surface area contributed by atoms with E-state index >= 15 is 0 Å². The van der Waals surface area contributed by atoms with E-state index in [0.29, 0.717) is 17.5 Å². The number of aromatic nitrogens is 2. The van der Waals surface area contributed by atoms with Gasteiger partial charge in [0.15, 0.2) is 0 Å². The molecule has 144 valence electrons. The van der Waals surface area contributed by atoms with Crippen LogP contribution < -0.4 is 10.2 Å². The number of benzene rings is 2. The van der Waals surface area contributed by atoms with Crippen LogP contribution in [-0.2, 0) is 0 Å². The molecule has 1 amide bonds. The maximum absolute atomic E-state index is 13.0. The van der Waals surface area contributed by atoms with Crippen molar-refractivity contribution in [2.24, 2.45) is 0 Å². The van der Waals surface area contributed by atoms with Crippen LogP contribution in [-0.4, -0.2) is 29.2 Å². The number of carbonyl (C=O) groups is 1. The summed E-state index contributed by atoms with van der Waals surface area (Å²) in [7, 11) is 0. The van der Waals surface area contributed by atoms with Crippen LogP contribution in [0.5, 0.6) is 0 Å². The summed E-state index contributed by atoms with van der Waals surface area (Å²) in [6.07, 6.45) is 2.26. The number of nitrogens with one attached hydrogen (secondary N) is 1. The average molecular weight is 376 g/mol. The molecule has 0 spiro atoms. The number of nitrogens with zero attached hydrogens (tertiary/aromatic N) is 3. The van der Waals surface area contributed by atoms with Crippen molar-refractivity contribution < 1.29 is 9.21 Å². The number of rotatable bonds is 5. The molecular weight excluding hydrogens is 352 g/mol. The van der Waals surface area contributed by atoms with Gasteiger partial charge in [0.2, 0.25) is 5.89 Å². The zero-order chi connectivity index (χ0) is 19.5. The van der Waals surface area contributed by atoms with Crippen LogP contribution in [0.4, 0.5) is 6.01 Å². The molecule has 4 rings (SSSR count). The van der Waals surface area contributed by atoms with Crippen LogP contribution in [0.3, 0.4) is 0 Å². The van der Waals surface area contributed by atoms with Crippen LogP contribution in [0.1, 0.15) is 51.8 Å². The van der Waals surface area contributed by atoms with Crippen molar-refractivity contribution >= 4 is 11.9 Å². The molecule has 1 aromatic heterocycles. The molecule has 1 fully saturated rings. The van der Waals surface area contributed by atoms with E-state index < -0.39 is 6.04 Å². The second-order valence-corrected chi connectivity index (χ2v) is 7.25. The van der Waals surface area contributed by atoms with Crippen molar-refractivity contribution in [3.63, 3.8) is 0 Å². The Hall–Kier alpha value is -3.15. The molecule has 1 saturated heterocycles. The summed E-state index contributed by atoms with van der Waals surface area (Å²) in [5.74, 6) is 0.239. The maximum Gasteiger partial charge on any atom is 0.318 e. The molecule has 0 saturated carbocycles. The van der Waals surface area contributed by atoms with Crippen molar-refractivity contribution in [1.82, 2.24) is 15.5 Å². The summed E-state index contributed by atoms with van der Waals surface area (Å²) < 4.78 is 5.96. The lowest BCUT2D eigenvalue weighted by molar-refractivity contribution is 0.0937. The Bertz CT molecular complexity index is 962. The van der Waals surface area contributed by atoms with Gasteiger partial charge in [-0.1, -0.05) is 53.1 Å². The molecule has 1 N–H and O–H groups in total. The first-order valence-corrected chi connectivity index (χ1v) is 9.63. The molecular formula is C22H24N4O2. The summed E-state index contributed by atoms with van der Waals surface area (Å²) in [5.41, 5.74) is 3.53. The van der Waals surface area contributed by atoms with Crippen LogP contribution in [0, 0.1) is 13.8 Å². The quantitative estimate of drug-likeness (QED) is 0.733. The highest BCUT2D eigenvalue weighted by Crippen LogP contribution is 2.26. The highest BCUT2D eigenvalue weighted by Gasteiger charge is 2.26.